The average Bonchev–Trinajstić information content (AvgIpc) is 2.79. The largest absolute Gasteiger partial charge is 0.412 e. The van der Waals surface area contributed by atoms with Crippen LogP contribution in [0.15, 0.2) is 30.3 Å². The van der Waals surface area contributed by atoms with E-state index in [0.29, 0.717) is 12.1 Å². The fourth-order valence-corrected chi connectivity index (χ4v) is 5.77. The van der Waals surface area contributed by atoms with E-state index in [9.17, 15) is 0 Å². The zero-order valence-electron chi connectivity index (χ0n) is 24.1. The molecule has 2 nitrogen and oxygen atoms in total. The summed E-state index contributed by atoms with van der Waals surface area (Å²) in [5.41, 5.74) is 1.35. The minimum atomic E-state index is -1.78. The van der Waals surface area contributed by atoms with Crippen LogP contribution in [0.25, 0.3) is 0 Å². The third-order valence-electron chi connectivity index (χ3n) is 7.87. The highest BCUT2D eigenvalue weighted by atomic mass is 28.4. The van der Waals surface area contributed by atoms with Gasteiger partial charge < -0.3 is 9.74 Å². The minimum absolute atomic E-state index is 0.250. The molecule has 0 radical (unpaired) electrons. The van der Waals surface area contributed by atoms with Crippen molar-refractivity contribution >= 4 is 8.32 Å². The number of rotatable bonds is 20. The lowest BCUT2D eigenvalue weighted by Crippen LogP contribution is -2.49. The van der Waals surface area contributed by atoms with Gasteiger partial charge >= 0.3 is 0 Å². The zero-order chi connectivity index (χ0) is 25.3. The molecule has 34 heavy (non-hydrogen) atoms. The summed E-state index contributed by atoms with van der Waals surface area (Å²) >= 11 is 0. The Morgan fingerprint density at radius 1 is 0.765 bits per heavy atom. The van der Waals surface area contributed by atoms with Gasteiger partial charge in [0.1, 0.15) is 0 Å². The highest BCUT2D eigenvalue weighted by molar-refractivity contribution is 6.74. The molecule has 0 heterocycles. The number of hydrogen-bond donors (Lipinski definition) is 1. The summed E-state index contributed by atoms with van der Waals surface area (Å²) in [7, 11) is -1.78. The quantitative estimate of drug-likeness (QED) is 0.145. The average molecular weight is 490 g/mol. The van der Waals surface area contributed by atoms with Crippen LogP contribution in [0.4, 0.5) is 0 Å². The van der Waals surface area contributed by atoms with Crippen LogP contribution in [-0.2, 0) is 11.0 Å². The summed E-state index contributed by atoms with van der Waals surface area (Å²) in [6.45, 7) is 17.4. The van der Waals surface area contributed by atoms with E-state index in [-0.39, 0.29) is 5.04 Å². The first kappa shape index (κ1) is 31.4. The van der Waals surface area contributed by atoms with Crippen molar-refractivity contribution in [3.8, 4) is 0 Å². The molecule has 1 rings (SSSR count). The molecule has 1 aromatic carbocycles. The maximum Gasteiger partial charge on any atom is 0.192 e. The molecule has 198 valence electrons. The Morgan fingerprint density at radius 3 is 1.71 bits per heavy atom. The number of benzene rings is 1. The van der Waals surface area contributed by atoms with Crippen molar-refractivity contribution in [3.63, 3.8) is 0 Å². The molecule has 1 aromatic rings. The second kappa shape index (κ2) is 17.7. The normalized spacial score (nSPS) is 14.3. The van der Waals surface area contributed by atoms with Gasteiger partial charge in [-0.25, -0.2) is 0 Å². The predicted octanol–water partition coefficient (Wildman–Crippen LogP) is 10.0. The minimum Gasteiger partial charge on any atom is -0.412 e. The van der Waals surface area contributed by atoms with E-state index in [4.69, 9.17) is 4.43 Å². The Bertz CT molecular complexity index is 595. The maximum absolute atomic E-state index is 6.94. The molecular weight excluding hydrogens is 430 g/mol. The van der Waals surface area contributed by atoms with Gasteiger partial charge in [-0.1, -0.05) is 141 Å². The molecule has 0 aliphatic carbocycles. The SMILES string of the molecule is CCCCCCCCCCCCCCC[C@@H](O[Si](C)(C)C(C)(C)C)[C@H](C)NCc1ccccc1. The Morgan fingerprint density at radius 2 is 1.24 bits per heavy atom. The van der Waals surface area contributed by atoms with Crippen molar-refractivity contribution in [1.29, 1.82) is 0 Å². The van der Waals surface area contributed by atoms with Crippen molar-refractivity contribution in [3.05, 3.63) is 35.9 Å². The van der Waals surface area contributed by atoms with Crippen molar-refractivity contribution in [2.75, 3.05) is 0 Å². The van der Waals surface area contributed by atoms with Gasteiger partial charge in [0, 0.05) is 12.6 Å². The Balaban J connectivity index is 2.33. The fourth-order valence-electron chi connectivity index (χ4n) is 4.34. The topological polar surface area (TPSA) is 21.3 Å². The highest BCUT2D eigenvalue weighted by Gasteiger charge is 2.40. The first-order valence-electron chi connectivity index (χ1n) is 14.6. The van der Waals surface area contributed by atoms with Gasteiger partial charge in [0.2, 0.25) is 0 Å². The van der Waals surface area contributed by atoms with E-state index >= 15 is 0 Å². The fraction of sp³-hybridized carbons (Fsp3) is 0.806. The molecule has 0 saturated carbocycles. The third kappa shape index (κ3) is 14.0. The molecule has 0 aliphatic rings. The van der Waals surface area contributed by atoms with Crippen LogP contribution in [-0.4, -0.2) is 20.5 Å². The van der Waals surface area contributed by atoms with Crippen molar-refractivity contribution in [2.45, 2.75) is 161 Å². The van der Waals surface area contributed by atoms with Crippen molar-refractivity contribution in [2.24, 2.45) is 0 Å². The maximum atomic E-state index is 6.94. The van der Waals surface area contributed by atoms with Crippen LogP contribution in [0.5, 0.6) is 0 Å². The van der Waals surface area contributed by atoms with E-state index in [1.807, 2.05) is 0 Å². The lowest BCUT2D eigenvalue weighted by Gasteiger charge is -2.41. The number of unbranched alkanes of at least 4 members (excludes halogenated alkanes) is 12. The zero-order valence-corrected chi connectivity index (χ0v) is 25.1. The Kier molecular flexibility index (Phi) is 16.4. The standard InChI is InChI=1S/C31H59NOSi/c1-8-9-10-11-12-13-14-15-16-17-18-19-23-26-30(33-34(6,7)31(3,4)5)28(2)32-27-29-24-21-20-22-25-29/h20-22,24-25,28,30,32H,8-19,23,26-27H2,1-7H3/t28-,30+/m0/s1. The van der Waals surface area contributed by atoms with Gasteiger partial charge in [-0.15, -0.1) is 0 Å². The van der Waals surface area contributed by atoms with E-state index in [1.165, 1.54) is 95.5 Å². The van der Waals surface area contributed by atoms with E-state index in [1.54, 1.807) is 0 Å². The second-order valence-electron chi connectivity index (χ2n) is 12.1. The van der Waals surface area contributed by atoms with Crippen LogP contribution >= 0.6 is 0 Å². The van der Waals surface area contributed by atoms with Crippen molar-refractivity contribution in [1.82, 2.24) is 5.32 Å². The summed E-state index contributed by atoms with van der Waals surface area (Å²) in [5.74, 6) is 0. The van der Waals surface area contributed by atoms with Gasteiger partial charge in [0.15, 0.2) is 8.32 Å². The molecule has 0 bridgehead atoms. The van der Waals surface area contributed by atoms with Gasteiger partial charge in [-0.2, -0.15) is 0 Å². The molecule has 0 unspecified atom stereocenters. The molecule has 0 amide bonds. The van der Waals surface area contributed by atoms with Crippen LogP contribution in [0.1, 0.15) is 130 Å². The molecule has 1 N–H and O–H groups in total. The molecule has 0 fully saturated rings. The van der Waals surface area contributed by atoms with Crippen LogP contribution in [0.2, 0.25) is 18.1 Å². The summed E-state index contributed by atoms with van der Waals surface area (Å²) in [6, 6.07) is 11.1. The van der Waals surface area contributed by atoms with Gasteiger partial charge in [-0.05, 0) is 37.0 Å². The van der Waals surface area contributed by atoms with E-state index < -0.39 is 8.32 Å². The molecule has 0 spiro atoms. The lowest BCUT2D eigenvalue weighted by molar-refractivity contribution is 0.129. The molecule has 0 aromatic heterocycles. The highest BCUT2D eigenvalue weighted by Crippen LogP contribution is 2.38. The third-order valence-corrected chi connectivity index (χ3v) is 12.4. The first-order chi connectivity index (χ1) is 16.2. The van der Waals surface area contributed by atoms with Crippen LogP contribution < -0.4 is 5.32 Å². The lowest BCUT2D eigenvalue weighted by atomic mass is 10.0. The van der Waals surface area contributed by atoms with Crippen molar-refractivity contribution < 1.29 is 4.43 Å². The predicted molar refractivity (Wildman–Crippen MR) is 155 cm³/mol. The molecule has 0 aliphatic heterocycles. The van der Waals surface area contributed by atoms with Crippen LogP contribution in [0, 0.1) is 0 Å². The van der Waals surface area contributed by atoms with Gasteiger partial charge in [0.25, 0.3) is 0 Å². The molecule has 3 heteroatoms. The first-order valence-corrected chi connectivity index (χ1v) is 17.5. The summed E-state index contributed by atoms with van der Waals surface area (Å²) in [5, 5.41) is 4.02. The number of nitrogens with one attached hydrogen (secondary N) is 1. The Hall–Kier alpha value is -0.643. The van der Waals surface area contributed by atoms with Gasteiger partial charge in [0.05, 0.1) is 6.10 Å². The Labute approximate surface area is 215 Å². The van der Waals surface area contributed by atoms with Gasteiger partial charge in [-0.3, -0.25) is 0 Å². The smallest absolute Gasteiger partial charge is 0.192 e. The second-order valence-corrected chi connectivity index (χ2v) is 16.9. The van der Waals surface area contributed by atoms with Crippen LogP contribution in [0.3, 0.4) is 0 Å². The number of hydrogen-bond acceptors (Lipinski definition) is 2. The summed E-state index contributed by atoms with van der Waals surface area (Å²) in [6.07, 6.45) is 19.8. The monoisotopic (exact) mass is 489 g/mol. The summed E-state index contributed by atoms with van der Waals surface area (Å²) in [4.78, 5) is 0. The molecular formula is C31H59NOSi. The van der Waals surface area contributed by atoms with E-state index in [2.05, 4.69) is 83.4 Å². The van der Waals surface area contributed by atoms with E-state index in [0.717, 1.165) is 6.54 Å². The summed E-state index contributed by atoms with van der Waals surface area (Å²) < 4.78 is 6.94. The molecule has 2 atom stereocenters. The molecule has 0 saturated heterocycles.